The topological polar surface area (TPSA) is 268 Å². The molecule has 0 bridgehead atoms. The first-order valence-corrected chi connectivity index (χ1v) is 21.8. The molecule has 3 aliphatic heterocycles. The lowest BCUT2D eigenvalue weighted by Gasteiger charge is -2.31. The Morgan fingerprint density at radius 1 is 0.672 bits per heavy atom. The number of para-hydroxylation sites is 1. The Bertz CT molecular complexity index is 2250. The highest BCUT2D eigenvalue weighted by molar-refractivity contribution is 5.99. The zero-order valence-electron chi connectivity index (χ0n) is 36.2. The minimum Gasteiger partial charge on any atom is -0.481 e. The molecular formula is C45H57N9O10. The van der Waals surface area contributed by atoms with Gasteiger partial charge in [0, 0.05) is 43.0 Å². The lowest BCUT2D eigenvalue weighted by molar-refractivity contribution is -0.144. The Labute approximate surface area is 370 Å². The summed E-state index contributed by atoms with van der Waals surface area (Å²) < 4.78 is 0. The molecule has 0 radical (unpaired) electrons. The van der Waals surface area contributed by atoms with Gasteiger partial charge in [-0.15, -0.1) is 0 Å². The van der Waals surface area contributed by atoms with Gasteiger partial charge in [-0.25, -0.2) is 0 Å². The number of hydrogen-bond donors (Lipinski definition) is 8. The van der Waals surface area contributed by atoms with Crippen LogP contribution in [0.2, 0.25) is 0 Å². The molecule has 3 fully saturated rings. The van der Waals surface area contributed by atoms with E-state index in [-0.39, 0.29) is 51.1 Å². The summed E-state index contributed by atoms with van der Waals surface area (Å²) in [5.41, 5.74) is 2.08. The molecule has 4 heterocycles. The van der Waals surface area contributed by atoms with Gasteiger partial charge in [0.15, 0.2) is 0 Å². The largest absolute Gasteiger partial charge is 0.481 e. The summed E-state index contributed by atoms with van der Waals surface area (Å²) in [6, 6.07) is 7.40. The van der Waals surface area contributed by atoms with Crippen LogP contribution < -0.4 is 31.9 Å². The van der Waals surface area contributed by atoms with Crippen molar-refractivity contribution in [2.45, 2.75) is 114 Å². The number of aromatic nitrogens is 1. The third-order valence-electron chi connectivity index (χ3n) is 11.9. The van der Waals surface area contributed by atoms with Crippen LogP contribution >= 0.6 is 0 Å². The molecule has 1 aromatic heterocycles. The fourth-order valence-electron chi connectivity index (χ4n) is 8.58. The maximum atomic E-state index is 14.4. The van der Waals surface area contributed by atoms with Gasteiger partial charge in [0.1, 0.15) is 42.3 Å². The average molecular weight is 884 g/mol. The van der Waals surface area contributed by atoms with Crippen molar-refractivity contribution in [2.24, 2.45) is 5.92 Å². The SMILES string of the molecule is CC(C)C[C@@H]1NC(=O)[C@H](CC(=O)O)NC(=O)[C@H](Cc2c[nH]c3ccccc23)NC(=O)[C@H](C)NC(=O)[C@@H]2CCCN2C(=O)CNC(=O)[C@H](Cc2ccccc2)NC(=O)[C@@H]2CCCN2C1=O. The summed E-state index contributed by atoms with van der Waals surface area (Å²) >= 11 is 0. The van der Waals surface area contributed by atoms with Crippen molar-refractivity contribution >= 4 is 64.1 Å². The van der Waals surface area contributed by atoms with Crippen molar-refractivity contribution in [1.82, 2.24) is 46.7 Å². The smallest absolute Gasteiger partial charge is 0.305 e. The lowest BCUT2D eigenvalue weighted by Crippen LogP contribution is -2.60. The standard InChI is InChI=1S/C45H57N9O10/c1-25(2)19-34-45(64)54-18-10-16-36(54)44(63)51-31(20-27-11-5-4-6-12-27)40(59)47-24-37(55)53-17-9-15-35(53)43(62)48-26(3)39(58)49-32(21-28-23-46-30-14-8-7-13-29(28)30)41(60)50-33(22-38(56)57)42(61)52-34/h4-8,11-14,23,25-26,31-36,46H,9-10,15-22,24H2,1-3H3,(H,47,59)(H,48,62)(H,49,58)(H,50,60)(H,51,63)(H,52,61)(H,56,57)/t26-,31-,32-,33-,34-,35-,36-/m0/s1. The predicted octanol–water partition coefficient (Wildman–Crippen LogP) is 0.0296. The third-order valence-corrected chi connectivity index (χ3v) is 11.9. The maximum absolute atomic E-state index is 14.4. The second-order valence-electron chi connectivity index (χ2n) is 17.1. The van der Waals surface area contributed by atoms with Crippen molar-refractivity contribution in [1.29, 1.82) is 0 Å². The van der Waals surface area contributed by atoms with Gasteiger partial charge >= 0.3 is 5.97 Å². The maximum Gasteiger partial charge on any atom is 0.305 e. The van der Waals surface area contributed by atoms with E-state index in [1.165, 1.54) is 16.7 Å². The van der Waals surface area contributed by atoms with Crippen LogP contribution in [0.3, 0.4) is 0 Å². The molecule has 0 spiro atoms. The molecule has 0 aliphatic carbocycles. The Balaban J connectivity index is 1.33. The molecule has 342 valence electrons. The Kier molecular flexibility index (Phi) is 15.4. The molecular weight excluding hydrogens is 827 g/mol. The van der Waals surface area contributed by atoms with Gasteiger partial charge in [0.05, 0.1) is 13.0 Å². The molecule has 19 nitrogen and oxygen atoms in total. The monoisotopic (exact) mass is 883 g/mol. The number of carbonyl (C=O) groups excluding carboxylic acids is 8. The van der Waals surface area contributed by atoms with E-state index in [0.717, 1.165) is 10.9 Å². The highest BCUT2D eigenvalue weighted by Gasteiger charge is 2.41. The van der Waals surface area contributed by atoms with E-state index in [2.05, 4.69) is 36.9 Å². The van der Waals surface area contributed by atoms with Gasteiger partial charge in [-0.1, -0.05) is 62.4 Å². The number of aliphatic carboxylic acids is 1. The molecule has 2 aromatic carbocycles. The zero-order chi connectivity index (χ0) is 46.1. The van der Waals surface area contributed by atoms with Crippen molar-refractivity contribution in [3.8, 4) is 0 Å². The Morgan fingerprint density at radius 2 is 1.25 bits per heavy atom. The summed E-state index contributed by atoms with van der Waals surface area (Å²) in [6.07, 6.45) is 2.24. The van der Waals surface area contributed by atoms with Gasteiger partial charge in [-0.05, 0) is 62.1 Å². The first-order chi connectivity index (χ1) is 30.6. The van der Waals surface area contributed by atoms with Crippen LogP contribution in [0.1, 0.15) is 70.4 Å². The number of carboxylic acid groups (broad SMARTS) is 1. The summed E-state index contributed by atoms with van der Waals surface area (Å²) in [6.45, 7) is 4.91. The molecule has 0 saturated carbocycles. The molecule has 64 heavy (non-hydrogen) atoms. The van der Waals surface area contributed by atoms with E-state index in [1.54, 1.807) is 42.6 Å². The summed E-state index contributed by atoms with van der Waals surface area (Å²) in [5.74, 6) is -7.34. The van der Waals surface area contributed by atoms with Gasteiger partial charge in [-0.2, -0.15) is 0 Å². The van der Waals surface area contributed by atoms with Crippen LogP contribution in [0, 0.1) is 5.92 Å². The van der Waals surface area contributed by atoms with Crippen LogP contribution in [0.15, 0.2) is 60.8 Å². The first kappa shape index (κ1) is 46.7. The number of rotatable bonds is 8. The minimum atomic E-state index is -1.71. The van der Waals surface area contributed by atoms with Crippen molar-refractivity contribution in [2.75, 3.05) is 19.6 Å². The zero-order valence-corrected chi connectivity index (χ0v) is 36.2. The molecule has 6 rings (SSSR count). The van der Waals surface area contributed by atoms with Crippen LogP contribution in [-0.2, 0) is 56.0 Å². The third kappa shape index (κ3) is 11.6. The van der Waals surface area contributed by atoms with Gasteiger partial charge in [0.2, 0.25) is 47.3 Å². The molecule has 3 aromatic rings. The predicted molar refractivity (Wildman–Crippen MR) is 232 cm³/mol. The highest BCUT2D eigenvalue weighted by atomic mass is 16.4. The summed E-state index contributed by atoms with van der Waals surface area (Å²) in [7, 11) is 0. The number of H-pyrrole nitrogens is 1. The van der Waals surface area contributed by atoms with Crippen molar-refractivity contribution in [3.63, 3.8) is 0 Å². The van der Waals surface area contributed by atoms with Crippen LogP contribution in [0.5, 0.6) is 0 Å². The van der Waals surface area contributed by atoms with Gasteiger partial charge < -0.3 is 51.8 Å². The van der Waals surface area contributed by atoms with Crippen molar-refractivity contribution in [3.05, 3.63) is 71.9 Å². The number of aromatic amines is 1. The molecule has 3 aliphatic rings. The number of carbonyl (C=O) groups is 9. The van der Waals surface area contributed by atoms with E-state index in [4.69, 9.17) is 0 Å². The average Bonchev–Trinajstić information content (AvgIpc) is 4.05. The first-order valence-electron chi connectivity index (χ1n) is 21.8. The molecule has 7 atom stereocenters. The number of nitrogens with zero attached hydrogens (tertiary/aromatic N) is 2. The number of hydrogen-bond acceptors (Lipinski definition) is 9. The Morgan fingerprint density at radius 3 is 1.95 bits per heavy atom. The van der Waals surface area contributed by atoms with E-state index >= 15 is 0 Å². The molecule has 19 heteroatoms. The second kappa shape index (κ2) is 21.1. The van der Waals surface area contributed by atoms with Crippen molar-refractivity contribution < 1.29 is 48.3 Å². The quantitative estimate of drug-likeness (QED) is 0.150. The number of carboxylic acids is 1. The fraction of sp³-hybridized carbons (Fsp3) is 0.489. The van der Waals surface area contributed by atoms with E-state index in [1.807, 2.05) is 32.0 Å². The Hall–Kier alpha value is -6.79. The molecule has 8 N–H and O–H groups in total. The number of nitrogens with one attached hydrogen (secondary N) is 7. The highest BCUT2D eigenvalue weighted by Crippen LogP contribution is 2.23. The lowest BCUT2D eigenvalue weighted by atomic mass is 10.0. The van der Waals surface area contributed by atoms with E-state index in [9.17, 15) is 48.3 Å². The van der Waals surface area contributed by atoms with Crippen LogP contribution in [-0.4, -0.2) is 135 Å². The summed E-state index contributed by atoms with van der Waals surface area (Å²) in [4.78, 5) is 130. The molecule has 3 saturated heterocycles. The fourth-order valence-corrected chi connectivity index (χ4v) is 8.58. The van der Waals surface area contributed by atoms with E-state index < -0.39 is 108 Å². The molecule has 8 amide bonds. The molecule has 0 unspecified atom stereocenters. The number of amides is 8. The normalized spacial score (nSPS) is 26.0. The summed E-state index contributed by atoms with van der Waals surface area (Å²) in [5, 5.41) is 26.5. The van der Waals surface area contributed by atoms with Crippen LogP contribution in [0.4, 0.5) is 0 Å². The number of fused-ring (bicyclic) bond motifs is 3. The minimum absolute atomic E-state index is 0.0489. The van der Waals surface area contributed by atoms with Gasteiger partial charge in [0.25, 0.3) is 0 Å². The second-order valence-corrected chi connectivity index (χ2v) is 17.1. The number of benzene rings is 2. The van der Waals surface area contributed by atoms with E-state index in [0.29, 0.717) is 24.0 Å². The van der Waals surface area contributed by atoms with Gasteiger partial charge in [-0.3, -0.25) is 43.2 Å². The van der Waals surface area contributed by atoms with Crippen LogP contribution in [0.25, 0.3) is 10.9 Å².